The van der Waals surface area contributed by atoms with Gasteiger partial charge in [-0.2, -0.15) is 5.10 Å². The van der Waals surface area contributed by atoms with Crippen LogP contribution in [0, 0.1) is 0 Å². The quantitative estimate of drug-likeness (QED) is 0.453. The van der Waals surface area contributed by atoms with Crippen molar-refractivity contribution in [3.8, 4) is 11.5 Å². The third-order valence-electron chi connectivity index (χ3n) is 3.65. The Morgan fingerprint density at radius 1 is 1.18 bits per heavy atom. The summed E-state index contributed by atoms with van der Waals surface area (Å²) in [5, 5.41) is 4.16. The van der Waals surface area contributed by atoms with Crippen LogP contribution >= 0.6 is 0 Å². The molecule has 0 fully saturated rings. The lowest BCUT2D eigenvalue weighted by Gasteiger charge is -2.04. The van der Waals surface area contributed by atoms with Gasteiger partial charge in [0.2, 0.25) is 12.7 Å². The minimum Gasteiger partial charge on any atom is -0.454 e. The normalized spacial score (nSPS) is 13.3. The van der Waals surface area contributed by atoms with Crippen molar-refractivity contribution < 1.29 is 14.3 Å². The number of rotatable bonds is 8. The predicted octanol–water partition coefficient (Wildman–Crippen LogP) is 3.62. The molecule has 0 unspecified atom stereocenters. The Labute approximate surface area is 131 Å². The maximum absolute atomic E-state index is 11.7. The number of nitrogens with zero attached hydrogens (tertiary/aromatic N) is 1. The van der Waals surface area contributed by atoms with Crippen LogP contribution in [0.5, 0.6) is 11.5 Å². The topological polar surface area (TPSA) is 59.9 Å². The number of amides is 1. The Morgan fingerprint density at radius 3 is 2.77 bits per heavy atom. The number of nitrogens with one attached hydrogen (secondary N) is 1. The Hall–Kier alpha value is -2.04. The first kappa shape index (κ1) is 16.3. The lowest BCUT2D eigenvalue weighted by Crippen LogP contribution is -2.18. The molecule has 0 bridgehead atoms. The summed E-state index contributed by atoms with van der Waals surface area (Å²) in [6.07, 6.45) is 6.20. The van der Waals surface area contributed by atoms with Gasteiger partial charge < -0.3 is 9.47 Å². The van der Waals surface area contributed by atoms with E-state index < -0.39 is 0 Å². The van der Waals surface area contributed by atoms with Crippen molar-refractivity contribution in [2.45, 2.75) is 52.4 Å². The van der Waals surface area contributed by atoms with Gasteiger partial charge in [0.1, 0.15) is 0 Å². The molecule has 1 amide bonds. The average molecular weight is 304 g/mol. The largest absolute Gasteiger partial charge is 0.454 e. The predicted molar refractivity (Wildman–Crippen MR) is 86.3 cm³/mol. The van der Waals surface area contributed by atoms with Gasteiger partial charge in [-0.25, -0.2) is 5.43 Å². The summed E-state index contributed by atoms with van der Waals surface area (Å²) in [5.74, 6) is 1.43. The molecule has 2 rings (SSSR count). The molecule has 1 aromatic rings. The minimum atomic E-state index is -0.0309. The summed E-state index contributed by atoms with van der Waals surface area (Å²) in [5.41, 5.74) is 4.27. The van der Waals surface area contributed by atoms with Crippen LogP contribution in [0.15, 0.2) is 23.3 Å². The first-order chi connectivity index (χ1) is 10.7. The molecular weight excluding hydrogens is 280 g/mol. The Kier molecular flexibility index (Phi) is 6.25. The van der Waals surface area contributed by atoms with Crippen LogP contribution in [-0.4, -0.2) is 18.4 Å². The minimum absolute atomic E-state index is 0.0309. The smallest absolute Gasteiger partial charge is 0.240 e. The fourth-order valence-electron chi connectivity index (χ4n) is 2.28. The number of ether oxygens (including phenoxy) is 2. The molecule has 1 aliphatic rings. The van der Waals surface area contributed by atoms with E-state index in [4.69, 9.17) is 9.47 Å². The van der Waals surface area contributed by atoms with Crippen LogP contribution in [0.25, 0.3) is 0 Å². The molecule has 0 radical (unpaired) electrons. The molecule has 120 valence electrons. The van der Waals surface area contributed by atoms with Gasteiger partial charge in [0, 0.05) is 12.0 Å². The van der Waals surface area contributed by atoms with Gasteiger partial charge in [0.05, 0.1) is 5.71 Å². The number of hydrogen-bond donors (Lipinski definition) is 1. The first-order valence-electron chi connectivity index (χ1n) is 7.94. The number of fused-ring (bicyclic) bond motifs is 1. The van der Waals surface area contributed by atoms with Crippen molar-refractivity contribution in [2.24, 2.45) is 5.10 Å². The lowest BCUT2D eigenvalue weighted by atomic mass is 10.1. The first-order valence-corrected chi connectivity index (χ1v) is 7.94. The molecule has 5 heteroatoms. The van der Waals surface area contributed by atoms with Crippen molar-refractivity contribution in [2.75, 3.05) is 6.79 Å². The van der Waals surface area contributed by atoms with Gasteiger partial charge in [-0.05, 0) is 31.5 Å². The van der Waals surface area contributed by atoms with E-state index in [-0.39, 0.29) is 12.7 Å². The fourth-order valence-corrected chi connectivity index (χ4v) is 2.28. The molecule has 1 N–H and O–H groups in total. The van der Waals surface area contributed by atoms with Crippen LogP contribution in [0.4, 0.5) is 0 Å². The van der Waals surface area contributed by atoms with E-state index in [1.165, 1.54) is 19.3 Å². The van der Waals surface area contributed by atoms with Crippen LogP contribution in [0.2, 0.25) is 0 Å². The highest BCUT2D eigenvalue weighted by Crippen LogP contribution is 2.32. The van der Waals surface area contributed by atoms with Gasteiger partial charge in [-0.15, -0.1) is 0 Å². The molecule has 0 aliphatic carbocycles. The van der Waals surface area contributed by atoms with Gasteiger partial charge >= 0.3 is 0 Å². The summed E-state index contributed by atoms with van der Waals surface area (Å²) in [7, 11) is 0. The fraction of sp³-hybridized carbons (Fsp3) is 0.529. The SMILES string of the molecule is CCCCCCCC(=O)N/N=C(\C)c1ccc2c(c1)OCO2. The Bertz CT molecular complexity index is 541. The second-order valence-electron chi connectivity index (χ2n) is 5.46. The molecule has 0 spiro atoms. The zero-order chi connectivity index (χ0) is 15.8. The highest BCUT2D eigenvalue weighted by atomic mass is 16.7. The van der Waals surface area contributed by atoms with Crippen molar-refractivity contribution >= 4 is 11.6 Å². The molecule has 1 aliphatic heterocycles. The number of hydrazone groups is 1. The van der Waals surface area contributed by atoms with Crippen molar-refractivity contribution in [1.29, 1.82) is 0 Å². The maximum Gasteiger partial charge on any atom is 0.240 e. The summed E-state index contributed by atoms with van der Waals surface area (Å²) in [4.78, 5) is 11.7. The summed E-state index contributed by atoms with van der Waals surface area (Å²) < 4.78 is 10.6. The molecule has 5 nitrogen and oxygen atoms in total. The monoisotopic (exact) mass is 304 g/mol. The molecule has 0 aromatic heterocycles. The third-order valence-corrected chi connectivity index (χ3v) is 3.65. The van der Waals surface area contributed by atoms with E-state index >= 15 is 0 Å². The molecule has 0 saturated heterocycles. The van der Waals surface area contributed by atoms with E-state index in [1.54, 1.807) is 0 Å². The van der Waals surface area contributed by atoms with E-state index in [9.17, 15) is 4.79 Å². The van der Waals surface area contributed by atoms with Gasteiger partial charge in [-0.3, -0.25) is 4.79 Å². The van der Waals surface area contributed by atoms with Crippen LogP contribution in [0.3, 0.4) is 0 Å². The van der Waals surface area contributed by atoms with Gasteiger partial charge in [-0.1, -0.05) is 32.6 Å². The van der Waals surface area contributed by atoms with Crippen LogP contribution in [-0.2, 0) is 4.79 Å². The molecule has 0 saturated carbocycles. The second-order valence-corrected chi connectivity index (χ2v) is 5.46. The molecule has 0 atom stereocenters. The zero-order valence-electron chi connectivity index (χ0n) is 13.4. The molecule has 1 aromatic carbocycles. The maximum atomic E-state index is 11.7. The average Bonchev–Trinajstić information content (AvgIpc) is 2.99. The summed E-state index contributed by atoms with van der Waals surface area (Å²) >= 11 is 0. The van der Waals surface area contributed by atoms with Gasteiger partial charge in [0.15, 0.2) is 11.5 Å². The number of unbranched alkanes of at least 4 members (excludes halogenated alkanes) is 4. The second kappa shape index (κ2) is 8.41. The zero-order valence-corrected chi connectivity index (χ0v) is 13.4. The van der Waals surface area contributed by atoms with Crippen LogP contribution < -0.4 is 14.9 Å². The molecular formula is C17H24N2O3. The number of carbonyl (C=O) groups excluding carboxylic acids is 1. The standard InChI is InChI=1S/C17H24N2O3/c1-3-4-5-6-7-8-17(20)19-18-13(2)14-9-10-15-16(11-14)22-12-21-15/h9-11H,3-8,12H2,1-2H3,(H,19,20)/b18-13+. The van der Waals surface area contributed by atoms with E-state index in [1.807, 2.05) is 25.1 Å². The number of benzene rings is 1. The van der Waals surface area contributed by atoms with Crippen LogP contribution in [0.1, 0.15) is 57.9 Å². The Balaban J connectivity index is 1.78. The van der Waals surface area contributed by atoms with Gasteiger partial charge in [0.25, 0.3) is 0 Å². The third kappa shape index (κ3) is 4.76. The van der Waals surface area contributed by atoms with E-state index in [0.717, 1.165) is 29.9 Å². The number of hydrogen-bond acceptors (Lipinski definition) is 4. The lowest BCUT2D eigenvalue weighted by molar-refractivity contribution is -0.121. The highest BCUT2D eigenvalue weighted by Gasteiger charge is 2.14. The molecule has 1 heterocycles. The van der Waals surface area contributed by atoms with Crippen molar-refractivity contribution in [3.05, 3.63) is 23.8 Å². The summed E-state index contributed by atoms with van der Waals surface area (Å²) in [6, 6.07) is 5.63. The van der Waals surface area contributed by atoms with Crippen molar-refractivity contribution in [3.63, 3.8) is 0 Å². The Morgan fingerprint density at radius 2 is 1.95 bits per heavy atom. The molecule has 22 heavy (non-hydrogen) atoms. The summed E-state index contributed by atoms with van der Waals surface area (Å²) in [6.45, 7) is 4.29. The van der Waals surface area contributed by atoms with Crippen molar-refractivity contribution in [1.82, 2.24) is 5.43 Å². The van der Waals surface area contributed by atoms with E-state index in [2.05, 4.69) is 17.5 Å². The van der Waals surface area contributed by atoms with E-state index in [0.29, 0.717) is 12.2 Å². The number of carbonyl (C=O) groups is 1. The highest BCUT2D eigenvalue weighted by molar-refractivity contribution is 5.99.